The van der Waals surface area contributed by atoms with Crippen molar-refractivity contribution in [1.29, 1.82) is 0 Å². The molecule has 5 nitrogen and oxygen atoms in total. The van der Waals surface area contributed by atoms with Crippen LogP contribution in [0, 0.1) is 5.92 Å². The highest BCUT2D eigenvalue weighted by Crippen LogP contribution is 2.36. The molecule has 0 spiro atoms. The summed E-state index contributed by atoms with van der Waals surface area (Å²) in [5.74, 6) is 0.753. The first-order valence-corrected chi connectivity index (χ1v) is 12.4. The SMILES string of the molecule is c1cc(CN2CCCCC2)cc(-c2cccc(-c3cn([C@H]4CN5CCC4CC5)nn3)c2)c1. The number of hydrogen-bond donors (Lipinski definition) is 0. The summed E-state index contributed by atoms with van der Waals surface area (Å²) < 4.78 is 2.14. The van der Waals surface area contributed by atoms with Gasteiger partial charge in [0.1, 0.15) is 5.69 Å². The van der Waals surface area contributed by atoms with E-state index >= 15 is 0 Å². The maximum Gasteiger partial charge on any atom is 0.113 e. The van der Waals surface area contributed by atoms with Crippen LogP contribution in [0.1, 0.15) is 43.7 Å². The minimum Gasteiger partial charge on any atom is -0.301 e. The van der Waals surface area contributed by atoms with Gasteiger partial charge in [-0.25, -0.2) is 4.68 Å². The van der Waals surface area contributed by atoms with Gasteiger partial charge >= 0.3 is 0 Å². The van der Waals surface area contributed by atoms with E-state index < -0.39 is 0 Å². The first kappa shape index (κ1) is 20.1. The average Bonchev–Trinajstić information content (AvgIpc) is 3.36. The zero-order valence-corrected chi connectivity index (χ0v) is 18.9. The number of benzene rings is 2. The second kappa shape index (κ2) is 8.80. The van der Waals surface area contributed by atoms with Crippen LogP contribution in [0.4, 0.5) is 0 Å². The zero-order valence-electron chi connectivity index (χ0n) is 18.9. The van der Waals surface area contributed by atoms with Crippen molar-refractivity contribution >= 4 is 0 Å². The Hall–Kier alpha value is -2.50. The summed E-state index contributed by atoms with van der Waals surface area (Å²) >= 11 is 0. The molecule has 0 N–H and O–H groups in total. The third-order valence-corrected chi connectivity index (χ3v) is 7.75. The molecule has 0 amide bonds. The second-order valence-corrected chi connectivity index (χ2v) is 9.91. The molecule has 7 rings (SSSR count). The maximum atomic E-state index is 4.56. The summed E-state index contributed by atoms with van der Waals surface area (Å²) in [6.07, 6.45) is 8.81. The van der Waals surface area contributed by atoms with Gasteiger partial charge in [-0.1, -0.05) is 48.0 Å². The number of nitrogens with zero attached hydrogens (tertiary/aromatic N) is 5. The quantitative estimate of drug-likeness (QED) is 0.582. The van der Waals surface area contributed by atoms with Crippen LogP contribution in [0.15, 0.2) is 54.7 Å². The number of rotatable bonds is 5. The van der Waals surface area contributed by atoms with Gasteiger partial charge in [0.25, 0.3) is 0 Å². The molecule has 0 radical (unpaired) electrons. The highest BCUT2D eigenvalue weighted by atomic mass is 15.4. The van der Waals surface area contributed by atoms with Crippen molar-refractivity contribution in [2.45, 2.75) is 44.7 Å². The van der Waals surface area contributed by atoms with Crippen molar-refractivity contribution < 1.29 is 0 Å². The lowest BCUT2D eigenvalue weighted by Gasteiger charge is -2.44. The minimum atomic E-state index is 0.480. The Kier molecular flexibility index (Phi) is 5.53. The molecular formula is C27H33N5. The molecule has 0 unspecified atom stereocenters. The lowest BCUT2D eigenvalue weighted by atomic mass is 9.84. The predicted molar refractivity (Wildman–Crippen MR) is 128 cm³/mol. The van der Waals surface area contributed by atoms with E-state index in [1.807, 2.05) is 0 Å². The second-order valence-electron chi connectivity index (χ2n) is 9.91. The third-order valence-electron chi connectivity index (χ3n) is 7.75. The zero-order chi connectivity index (χ0) is 21.3. The van der Waals surface area contributed by atoms with Crippen LogP contribution in [0.5, 0.6) is 0 Å². The Morgan fingerprint density at radius 2 is 1.56 bits per heavy atom. The van der Waals surface area contributed by atoms with Gasteiger partial charge in [-0.05, 0) is 86.6 Å². The van der Waals surface area contributed by atoms with Crippen molar-refractivity contribution in [2.75, 3.05) is 32.7 Å². The van der Waals surface area contributed by atoms with Gasteiger partial charge in [-0.2, -0.15) is 0 Å². The van der Waals surface area contributed by atoms with E-state index in [2.05, 4.69) is 79.5 Å². The van der Waals surface area contributed by atoms with E-state index in [0.717, 1.165) is 30.3 Å². The first-order valence-electron chi connectivity index (χ1n) is 12.4. The van der Waals surface area contributed by atoms with Gasteiger partial charge in [0.15, 0.2) is 0 Å². The van der Waals surface area contributed by atoms with E-state index in [0.29, 0.717) is 6.04 Å². The molecule has 4 fully saturated rings. The molecule has 4 saturated heterocycles. The molecule has 32 heavy (non-hydrogen) atoms. The Morgan fingerprint density at radius 1 is 0.812 bits per heavy atom. The Bertz CT molecular complexity index is 1060. The van der Waals surface area contributed by atoms with Crippen LogP contribution in [-0.2, 0) is 6.54 Å². The fourth-order valence-corrected chi connectivity index (χ4v) is 5.89. The summed E-state index contributed by atoms with van der Waals surface area (Å²) in [5, 5.41) is 9.11. The van der Waals surface area contributed by atoms with Crippen LogP contribution in [0.3, 0.4) is 0 Å². The smallest absolute Gasteiger partial charge is 0.113 e. The Labute approximate surface area is 191 Å². The largest absolute Gasteiger partial charge is 0.301 e. The van der Waals surface area contributed by atoms with Crippen LogP contribution in [0.2, 0.25) is 0 Å². The molecule has 1 aromatic heterocycles. The van der Waals surface area contributed by atoms with Crippen molar-refractivity contribution in [2.24, 2.45) is 5.92 Å². The first-order chi connectivity index (χ1) is 15.8. The van der Waals surface area contributed by atoms with Gasteiger partial charge < -0.3 is 4.90 Å². The predicted octanol–water partition coefficient (Wildman–Crippen LogP) is 4.86. The molecular weight excluding hydrogens is 394 g/mol. The number of likely N-dealkylation sites (tertiary alicyclic amines) is 1. The van der Waals surface area contributed by atoms with Crippen molar-refractivity contribution in [1.82, 2.24) is 24.8 Å². The third kappa shape index (κ3) is 4.12. The van der Waals surface area contributed by atoms with Crippen molar-refractivity contribution in [3.63, 3.8) is 0 Å². The molecule has 3 aromatic rings. The lowest BCUT2D eigenvalue weighted by molar-refractivity contribution is 0.0504. The van der Waals surface area contributed by atoms with Crippen molar-refractivity contribution in [3.8, 4) is 22.4 Å². The van der Waals surface area contributed by atoms with Crippen LogP contribution >= 0.6 is 0 Å². The number of fused-ring (bicyclic) bond motifs is 3. The molecule has 0 saturated carbocycles. The maximum absolute atomic E-state index is 4.56. The van der Waals surface area contributed by atoms with Crippen LogP contribution in [-0.4, -0.2) is 57.5 Å². The van der Waals surface area contributed by atoms with Crippen LogP contribution < -0.4 is 0 Å². The standard InChI is InChI=1S/C27H33N5/c1-2-12-30(13-3-1)18-21-6-4-7-23(16-21)24-8-5-9-25(17-24)26-19-32(29-28-26)27-20-31-14-10-22(27)11-15-31/h4-9,16-17,19,22,27H,1-3,10-15,18,20H2/t27-/m0/s1. The summed E-state index contributed by atoms with van der Waals surface area (Å²) in [6.45, 7) is 7.14. The Balaban J connectivity index is 1.22. The molecule has 2 aromatic carbocycles. The molecule has 4 aliphatic heterocycles. The number of aromatic nitrogens is 3. The summed E-state index contributed by atoms with van der Waals surface area (Å²) in [4.78, 5) is 5.16. The number of piperidine rings is 4. The van der Waals surface area contributed by atoms with E-state index in [1.54, 1.807) is 0 Å². The molecule has 4 aliphatic rings. The summed E-state index contributed by atoms with van der Waals surface area (Å²) in [5.41, 5.74) is 6.07. The summed E-state index contributed by atoms with van der Waals surface area (Å²) in [6, 6.07) is 18.3. The van der Waals surface area contributed by atoms with Gasteiger partial charge in [0.05, 0.1) is 12.2 Å². The highest BCUT2D eigenvalue weighted by molar-refractivity contribution is 5.71. The number of hydrogen-bond acceptors (Lipinski definition) is 4. The van der Waals surface area contributed by atoms with Gasteiger partial charge in [-0.3, -0.25) is 4.90 Å². The molecule has 0 aliphatic carbocycles. The monoisotopic (exact) mass is 427 g/mol. The molecule has 1 atom stereocenters. The average molecular weight is 428 g/mol. The molecule has 166 valence electrons. The van der Waals surface area contributed by atoms with E-state index in [4.69, 9.17) is 0 Å². The molecule has 2 bridgehead atoms. The molecule has 5 heterocycles. The van der Waals surface area contributed by atoms with E-state index in [-0.39, 0.29) is 0 Å². The van der Waals surface area contributed by atoms with E-state index in [1.165, 1.54) is 75.0 Å². The van der Waals surface area contributed by atoms with Crippen LogP contribution in [0.25, 0.3) is 22.4 Å². The highest BCUT2D eigenvalue weighted by Gasteiger charge is 2.35. The fraction of sp³-hybridized carbons (Fsp3) is 0.481. The molecule has 5 heteroatoms. The Morgan fingerprint density at radius 3 is 2.34 bits per heavy atom. The normalized spacial score (nSPS) is 25.8. The van der Waals surface area contributed by atoms with E-state index in [9.17, 15) is 0 Å². The van der Waals surface area contributed by atoms with Gasteiger partial charge in [-0.15, -0.1) is 5.10 Å². The van der Waals surface area contributed by atoms with Crippen molar-refractivity contribution in [3.05, 3.63) is 60.3 Å². The van der Waals surface area contributed by atoms with Gasteiger partial charge in [0.2, 0.25) is 0 Å². The summed E-state index contributed by atoms with van der Waals surface area (Å²) in [7, 11) is 0. The lowest BCUT2D eigenvalue weighted by Crippen LogP contribution is -2.48. The fourth-order valence-electron chi connectivity index (χ4n) is 5.89. The topological polar surface area (TPSA) is 37.2 Å². The minimum absolute atomic E-state index is 0.480. The van der Waals surface area contributed by atoms with Gasteiger partial charge in [0, 0.05) is 18.7 Å².